The van der Waals surface area contributed by atoms with Crippen LogP contribution >= 0.6 is 11.6 Å². The molecule has 10 heteroatoms. The molecule has 0 saturated carbocycles. The Kier molecular flexibility index (Phi) is 3.79. The number of amides is 1. The van der Waals surface area contributed by atoms with Gasteiger partial charge in [-0.2, -0.15) is 10.1 Å². The molecule has 0 aliphatic carbocycles. The quantitative estimate of drug-likeness (QED) is 0.745. The first-order chi connectivity index (χ1) is 10.6. The summed E-state index contributed by atoms with van der Waals surface area (Å²) in [6, 6.07) is 3.61. The van der Waals surface area contributed by atoms with Crippen LogP contribution in [0.15, 0.2) is 31.0 Å². The summed E-state index contributed by atoms with van der Waals surface area (Å²) in [6.45, 7) is 0.248. The standard InChI is InChI=1S/C12H11ClN8O/c1-20-12(13)18-9(19-20)11(22)16-5-8-3-2-4-15-10(8)21-7-14-6-17-21/h2-4,6-7H,5H2,1H3,(H,16,22). The lowest BCUT2D eigenvalue weighted by molar-refractivity contribution is 0.0940. The summed E-state index contributed by atoms with van der Waals surface area (Å²) in [5, 5.41) is 10.8. The molecule has 112 valence electrons. The van der Waals surface area contributed by atoms with Gasteiger partial charge in [-0.25, -0.2) is 19.3 Å². The van der Waals surface area contributed by atoms with Crippen LogP contribution in [-0.4, -0.2) is 40.4 Å². The summed E-state index contributed by atoms with van der Waals surface area (Å²) in [5.41, 5.74) is 0.781. The number of rotatable bonds is 4. The Morgan fingerprint density at radius 1 is 1.45 bits per heavy atom. The van der Waals surface area contributed by atoms with Crippen molar-refractivity contribution >= 4 is 17.5 Å². The van der Waals surface area contributed by atoms with Crippen molar-refractivity contribution in [2.75, 3.05) is 0 Å². The van der Waals surface area contributed by atoms with Crippen molar-refractivity contribution in [2.45, 2.75) is 6.54 Å². The van der Waals surface area contributed by atoms with Crippen molar-refractivity contribution in [3.63, 3.8) is 0 Å². The van der Waals surface area contributed by atoms with Crippen molar-refractivity contribution in [2.24, 2.45) is 7.05 Å². The summed E-state index contributed by atoms with van der Waals surface area (Å²) in [5.74, 6) is 0.182. The molecule has 0 saturated heterocycles. The molecule has 0 spiro atoms. The highest BCUT2D eigenvalue weighted by Crippen LogP contribution is 2.09. The van der Waals surface area contributed by atoms with Gasteiger partial charge in [0, 0.05) is 25.4 Å². The largest absolute Gasteiger partial charge is 0.345 e. The van der Waals surface area contributed by atoms with Crippen LogP contribution in [0.25, 0.3) is 5.82 Å². The summed E-state index contributed by atoms with van der Waals surface area (Å²) in [6.07, 6.45) is 4.59. The maximum atomic E-state index is 12.0. The van der Waals surface area contributed by atoms with Crippen molar-refractivity contribution in [3.05, 3.63) is 47.7 Å². The second kappa shape index (κ2) is 5.90. The van der Waals surface area contributed by atoms with Crippen LogP contribution in [0.5, 0.6) is 0 Å². The molecule has 3 heterocycles. The molecule has 9 nitrogen and oxygen atoms in total. The predicted octanol–water partition coefficient (Wildman–Crippen LogP) is 0.374. The van der Waals surface area contributed by atoms with Gasteiger partial charge in [-0.15, -0.1) is 5.10 Å². The third-order valence-electron chi connectivity index (χ3n) is 2.86. The maximum absolute atomic E-state index is 12.0. The zero-order chi connectivity index (χ0) is 15.5. The Morgan fingerprint density at radius 3 is 3.00 bits per heavy atom. The minimum Gasteiger partial charge on any atom is -0.345 e. The van der Waals surface area contributed by atoms with Gasteiger partial charge in [-0.05, 0) is 17.7 Å². The lowest BCUT2D eigenvalue weighted by Gasteiger charge is -2.08. The Balaban J connectivity index is 1.76. The fourth-order valence-electron chi connectivity index (χ4n) is 1.81. The molecule has 1 amide bonds. The zero-order valence-electron chi connectivity index (χ0n) is 11.5. The van der Waals surface area contributed by atoms with E-state index in [1.54, 1.807) is 19.3 Å². The van der Waals surface area contributed by atoms with E-state index in [-0.39, 0.29) is 17.7 Å². The maximum Gasteiger partial charge on any atom is 0.291 e. The molecule has 0 atom stereocenters. The van der Waals surface area contributed by atoms with E-state index >= 15 is 0 Å². The topological polar surface area (TPSA) is 103 Å². The number of aromatic nitrogens is 7. The summed E-state index contributed by atoms with van der Waals surface area (Å²) >= 11 is 5.76. The highest BCUT2D eigenvalue weighted by Gasteiger charge is 2.14. The molecule has 22 heavy (non-hydrogen) atoms. The average molecular weight is 319 g/mol. The molecule has 0 unspecified atom stereocenters. The van der Waals surface area contributed by atoms with Gasteiger partial charge in [0.1, 0.15) is 12.7 Å². The lowest BCUT2D eigenvalue weighted by atomic mass is 10.2. The zero-order valence-corrected chi connectivity index (χ0v) is 12.3. The third-order valence-corrected chi connectivity index (χ3v) is 3.18. The van der Waals surface area contributed by atoms with Gasteiger partial charge in [0.15, 0.2) is 5.82 Å². The molecule has 0 bridgehead atoms. The highest BCUT2D eigenvalue weighted by molar-refractivity contribution is 6.28. The van der Waals surface area contributed by atoms with E-state index in [0.717, 1.165) is 5.56 Å². The number of carbonyl (C=O) groups excluding carboxylic acids is 1. The number of nitrogens with one attached hydrogen (secondary N) is 1. The fourth-order valence-corrected chi connectivity index (χ4v) is 1.93. The van der Waals surface area contributed by atoms with Crippen LogP contribution in [0, 0.1) is 0 Å². The third kappa shape index (κ3) is 2.79. The molecule has 1 N–H and O–H groups in total. The number of aryl methyl sites for hydroxylation is 1. The van der Waals surface area contributed by atoms with Gasteiger partial charge >= 0.3 is 0 Å². The normalized spacial score (nSPS) is 10.6. The molecule has 0 aromatic carbocycles. The first kappa shape index (κ1) is 14.1. The SMILES string of the molecule is Cn1nc(C(=O)NCc2cccnc2-n2cncn2)nc1Cl. The summed E-state index contributed by atoms with van der Waals surface area (Å²) in [4.78, 5) is 24.0. The minimum absolute atomic E-state index is 0.0127. The van der Waals surface area contributed by atoms with Gasteiger partial charge < -0.3 is 5.32 Å². The first-order valence-corrected chi connectivity index (χ1v) is 6.66. The number of hydrogen-bond donors (Lipinski definition) is 1. The fraction of sp³-hybridized carbons (Fsp3) is 0.167. The molecule has 3 aromatic rings. The second-order valence-electron chi connectivity index (χ2n) is 4.34. The summed E-state index contributed by atoms with van der Waals surface area (Å²) in [7, 11) is 1.61. The van der Waals surface area contributed by atoms with Crippen LogP contribution < -0.4 is 5.32 Å². The van der Waals surface area contributed by atoms with Crippen LogP contribution in [0.3, 0.4) is 0 Å². The second-order valence-corrected chi connectivity index (χ2v) is 4.67. The van der Waals surface area contributed by atoms with Gasteiger partial charge in [0.05, 0.1) is 0 Å². The molecular formula is C12H11ClN8O. The molecule has 0 radical (unpaired) electrons. The highest BCUT2D eigenvalue weighted by atomic mass is 35.5. The molecule has 0 fully saturated rings. The van der Waals surface area contributed by atoms with Crippen molar-refractivity contribution in [1.29, 1.82) is 0 Å². The summed E-state index contributed by atoms with van der Waals surface area (Å²) < 4.78 is 2.85. The van der Waals surface area contributed by atoms with E-state index in [9.17, 15) is 4.79 Å². The van der Waals surface area contributed by atoms with Crippen LogP contribution in [-0.2, 0) is 13.6 Å². The van der Waals surface area contributed by atoms with Crippen molar-refractivity contribution < 1.29 is 4.79 Å². The van der Waals surface area contributed by atoms with Gasteiger partial charge in [0.2, 0.25) is 11.1 Å². The van der Waals surface area contributed by atoms with Crippen LogP contribution in [0.1, 0.15) is 16.2 Å². The Morgan fingerprint density at radius 2 is 2.32 bits per heavy atom. The smallest absolute Gasteiger partial charge is 0.291 e. The van der Waals surface area contributed by atoms with E-state index in [0.29, 0.717) is 5.82 Å². The lowest BCUT2D eigenvalue weighted by Crippen LogP contribution is -2.25. The first-order valence-electron chi connectivity index (χ1n) is 6.29. The molecule has 0 aliphatic rings. The van der Waals surface area contributed by atoms with E-state index in [1.807, 2.05) is 6.07 Å². The van der Waals surface area contributed by atoms with E-state index in [4.69, 9.17) is 11.6 Å². The van der Waals surface area contributed by atoms with Crippen LogP contribution in [0.2, 0.25) is 5.28 Å². The Hall–Kier alpha value is -2.81. The average Bonchev–Trinajstić information content (AvgIpc) is 3.16. The van der Waals surface area contributed by atoms with E-state index < -0.39 is 5.91 Å². The van der Waals surface area contributed by atoms with E-state index in [1.165, 1.54) is 22.0 Å². The Bertz CT molecular complexity index is 778. The van der Waals surface area contributed by atoms with Crippen LogP contribution in [0.4, 0.5) is 0 Å². The molecule has 0 aliphatic heterocycles. The molecule has 3 rings (SSSR count). The number of hydrogen-bond acceptors (Lipinski definition) is 6. The number of pyridine rings is 1. The molecular weight excluding hydrogens is 308 g/mol. The molecule has 3 aromatic heterocycles. The van der Waals surface area contributed by atoms with E-state index in [2.05, 4.69) is 30.5 Å². The van der Waals surface area contributed by atoms with Gasteiger partial charge in [0.25, 0.3) is 5.91 Å². The monoisotopic (exact) mass is 318 g/mol. The predicted molar refractivity (Wildman–Crippen MR) is 76.3 cm³/mol. The number of nitrogens with zero attached hydrogens (tertiary/aromatic N) is 7. The van der Waals surface area contributed by atoms with Crippen molar-refractivity contribution in [3.8, 4) is 5.82 Å². The Labute approximate surface area is 130 Å². The van der Waals surface area contributed by atoms with Gasteiger partial charge in [-0.3, -0.25) is 4.79 Å². The van der Waals surface area contributed by atoms with Crippen molar-refractivity contribution in [1.82, 2.24) is 39.8 Å². The van der Waals surface area contributed by atoms with Gasteiger partial charge in [-0.1, -0.05) is 6.07 Å². The minimum atomic E-state index is -0.420. The number of carbonyl (C=O) groups is 1. The number of halogens is 1.